The van der Waals surface area contributed by atoms with E-state index in [0.29, 0.717) is 11.2 Å². The second-order valence-corrected chi connectivity index (χ2v) is 3.31. The van der Waals surface area contributed by atoms with Crippen LogP contribution in [-0.2, 0) is 0 Å². The minimum absolute atomic E-state index is 0.0998. The number of carboxylic acid groups (broad SMARTS) is 1. The highest BCUT2D eigenvalue weighted by atomic mass is 19.4. The quantitative estimate of drug-likeness (QED) is 0.565. The zero-order valence-electron chi connectivity index (χ0n) is 8.98. The topological polar surface area (TPSA) is 92.6 Å². The molecule has 0 bridgehead atoms. The normalized spacial score (nSPS) is 12.3. The molecule has 0 amide bonds. The first-order valence-electron chi connectivity index (χ1n) is 4.64. The molecule has 18 heavy (non-hydrogen) atoms. The molecule has 0 aliphatic heterocycles. The van der Waals surface area contributed by atoms with E-state index in [2.05, 4.69) is 0 Å². The second-order valence-electron chi connectivity index (χ2n) is 3.31. The van der Waals surface area contributed by atoms with E-state index in [1.54, 1.807) is 0 Å². The zero-order valence-corrected chi connectivity index (χ0v) is 8.98. The molecule has 5 N–H and O–H groups in total. The van der Waals surface area contributed by atoms with Crippen LogP contribution in [0.4, 0.5) is 18.9 Å². The van der Waals surface area contributed by atoms with E-state index in [1.165, 1.54) is 24.3 Å². The zero-order chi connectivity index (χ0) is 13.9. The summed E-state index contributed by atoms with van der Waals surface area (Å²) in [6.45, 7) is 0. The van der Waals surface area contributed by atoms with Crippen LogP contribution in [0.3, 0.4) is 0 Å². The Morgan fingerprint density at radius 2 is 1.89 bits per heavy atom. The van der Waals surface area contributed by atoms with Crippen LogP contribution in [0.2, 0.25) is 0 Å². The van der Waals surface area contributed by atoms with Crippen LogP contribution in [0.1, 0.15) is 10.4 Å². The number of nitrogens with zero attached hydrogens (tertiary/aromatic N) is 1. The SMILES string of the molecule is N/C(=C\N(N)c1ccccc1C(=O)O)C(F)(F)F. The number of hydrazine groups is 1. The lowest BCUT2D eigenvalue weighted by atomic mass is 10.2. The van der Waals surface area contributed by atoms with Crippen molar-refractivity contribution in [2.24, 2.45) is 11.6 Å². The van der Waals surface area contributed by atoms with Crippen molar-refractivity contribution in [3.05, 3.63) is 41.7 Å². The molecular formula is C10H10F3N3O2. The molecule has 1 aromatic rings. The number of alkyl halides is 3. The number of benzene rings is 1. The van der Waals surface area contributed by atoms with E-state index in [1.807, 2.05) is 0 Å². The molecular weight excluding hydrogens is 251 g/mol. The molecule has 0 atom stereocenters. The largest absolute Gasteiger partial charge is 0.478 e. The van der Waals surface area contributed by atoms with Crippen molar-refractivity contribution in [2.75, 3.05) is 5.01 Å². The summed E-state index contributed by atoms with van der Waals surface area (Å²) in [5.41, 5.74) is 3.03. The van der Waals surface area contributed by atoms with E-state index in [-0.39, 0.29) is 11.3 Å². The molecule has 0 fully saturated rings. The lowest BCUT2D eigenvalue weighted by molar-refractivity contribution is -0.0928. The smallest absolute Gasteiger partial charge is 0.432 e. The van der Waals surface area contributed by atoms with Crippen LogP contribution < -0.4 is 16.6 Å². The Hall–Kier alpha value is -2.22. The van der Waals surface area contributed by atoms with Gasteiger partial charge in [0.2, 0.25) is 0 Å². The Bertz CT molecular complexity index is 486. The predicted molar refractivity (Wildman–Crippen MR) is 58.4 cm³/mol. The molecule has 0 aromatic heterocycles. The van der Waals surface area contributed by atoms with E-state index in [4.69, 9.17) is 16.7 Å². The van der Waals surface area contributed by atoms with Gasteiger partial charge in [-0.05, 0) is 12.1 Å². The van der Waals surface area contributed by atoms with Crippen molar-refractivity contribution in [2.45, 2.75) is 6.18 Å². The average molecular weight is 261 g/mol. The molecule has 1 aromatic carbocycles. The summed E-state index contributed by atoms with van der Waals surface area (Å²) < 4.78 is 36.6. The van der Waals surface area contributed by atoms with Crippen LogP contribution in [0.15, 0.2) is 36.2 Å². The van der Waals surface area contributed by atoms with Gasteiger partial charge in [0.1, 0.15) is 5.70 Å². The number of rotatable bonds is 3. The van der Waals surface area contributed by atoms with Gasteiger partial charge in [-0.1, -0.05) is 12.1 Å². The van der Waals surface area contributed by atoms with Gasteiger partial charge in [0.05, 0.1) is 11.3 Å². The third kappa shape index (κ3) is 3.14. The Kier molecular flexibility index (Phi) is 3.82. The van der Waals surface area contributed by atoms with Gasteiger partial charge in [-0.25, -0.2) is 10.6 Å². The first kappa shape index (κ1) is 13.8. The third-order valence-electron chi connectivity index (χ3n) is 2.02. The van der Waals surface area contributed by atoms with Crippen LogP contribution >= 0.6 is 0 Å². The molecule has 98 valence electrons. The number of anilines is 1. The molecule has 0 heterocycles. The number of nitrogens with two attached hydrogens (primary N) is 2. The van der Waals surface area contributed by atoms with Crippen molar-refractivity contribution < 1.29 is 23.1 Å². The monoisotopic (exact) mass is 261 g/mol. The van der Waals surface area contributed by atoms with Gasteiger partial charge in [-0.3, -0.25) is 5.01 Å². The van der Waals surface area contributed by atoms with Crippen molar-refractivity contribution >= 4 is 11.7 Å². The summed E-state index contributed by atoms with van der Waals surface area (Å²) >= 11 is 0. The average Bonchev–Trinajstić information content (AvgIpc) is 2.27. The first-order chi connectivity index (χ1) is 8.23. The molecule has 5 nitrogen and oxygen atoms in total. The number of carboxylic acids is 1. The molecule has 0 radical (unpaired) electrons. The van der Waals surface area contributed by atoms with E-state index < -0.39 is 17.8 Å². The summed E-state index contributed by atoms with van der Waals surface area (Å²) in [6, 6.07) is 5.36. The molecule has 0 aliphatic rings. The molecule has 0 aliphatic carbocycles. The molecule has 0 saturated heterocycles. The van der Waals surface area contributed by atoms with E-state index in [0.717, 1.165) is 0 Å². The molecule has 0 spiro atoms. The maximum Gasteiger partial charge on any atom is 0.432 e. The lowest BCUT2D eigenvalue weighted by Gasteiger charge is -2.18. The highest BCUT2D eigenvalue weighted by molar-refractivity contribution is 5.94. The summed E-state index contributed by atoms with van der Waals surface area (Å²) in [7, 11) is 0. The van der Waals surface area contributed by atoms with E-state index in [9.17, 15) is 18.0 Å². The fourth-order valence-electron chi connectivity index (χ4n) is 1.17. The Morgan fingerprint density at radius 3 is 2.39 bits per heavy atom. The number of aromatic carboxylic acids is 1. The molecule has 0 unspecified atom stereocenters. The minimum Gasteiger partial charge on any atom is -0.478 e. The third-order valence-corrected chi connectivity index (χ3v) is 2.02. The number of para-hydroxylation sites is 1. The van der Waals surface area contributed by atoms with Crippen LogP contribution in [0.25, 0.3) is 0 Å². The minimum atomic E-state index is -4.73. The van der Waals surface area contributed by atoms with Crippen molar-refractivity contribution in [1.82, 2.24) is 0 Å². The van der Waals surface area contributed by atoms with Crippen LogP contribution in [0.5, 0.6) is 0 Å². The van der Waals surface area contributed by atoms with Gasteiger partial charge in [-0.15, -0.1) is 0 Å². The fourth-order valence-corrected chi connectivity index (χ4v) is 1.17. The van der Waals surface area contributed by atoms with Gasteiger partial charge in [0, 0.05) is 6.20 Å². The maximum atomic E-state index is 12.2. The van der Waals surface area contributed by atoms with Gasteiger partial charge in [0.25, 0.3) is 0 Å². The number of carbonyl (C=O) groups is 1. The number of hydrogen-bond donors (Lipinski definition) is 3. The molecule has 0 saturated carbocycles. The van der Waals surface area contributed by atoms with Crippen molar-refractivity contribution in [1.29, 1.82) is 0 Å². The fraction of sp³-hybridized carbons (Fsp3) is 0.100. The summed E-state index contributed by atoms with van der Waals surface area (Å²) in [4.78, 5) is 10.9. The van der Waals surface area contributed by atoms with Gasteiger partial charge < -0.3 is 10.8 Å². The lowest BCUT2D eigenvalue weighted by Crippen LogP contribution is -2.31. The number of allylic oxidation sites excluding steroid dienone is 1. The Morgan fingerprint density at radius 1 is 1.33 bits per heavy atom. The number of hydrogen-bond acceptors (Lipinski definition) is 4. The van der Waals surface area contributed by atoms with E-state index >= 15 is 0 Å². The highest BCUT2D eigenvalue weighted by Gasteiger charge is 2.32. The molecule has 8 heteroatoms. The summed E-state index contributed by atoms with van der Waals surface area (Å²) in [5.74, 6) is 4.04. The Balaban J connectivity index is 3.13. The summed E-state index contributed by atoms with van der Waals surface area (Å²) in [5, 5.41) is 9.37. The predicted octanol–water partition coefficient (Wildman–Crippen LogP) is 1.43. The summed E-state index contributed by atoms with van der Waals surface area (Å²) in [6.07, 6.45) is -4.31. The van der Waals surface area contributed by atoms with Gasteiger partial charge in [0.15, 0.2) is 0 Å². The standard InChI is InChI=1S/C10H10F3N3O2/c11-10(12,13)8(14)5-16(15)7-4-2-1-3-6(7)9(17)18/h1-5H,14-15H2,(H,17,18)/b8-5-. The highest BCUT2D eigenvalue weighted by Crippen LogP contribution is 2.24. The van der Waals surface area contributed by atoms with Crippen LogP contribution in [-0.4, -0.2) is 17.3 Å². The first-order valence-corrected chi connectivity index (χ1v) is 4.64. The Labute approximate surface area is 100 Å². The number of halogens is 3. The maximum absolute atomic E-state index is 12.2. The van der Waals surface area contributed by atoms with Crippen LogP contribution in [0, 0.1) is 0 Å². The second kappa shape index (κ2) is 4.96. The van der Waals surface area contributed by atoms with Crippen molar-refractivity contribution in [3.63, 3.8) is 0 Å². The van der Waals surface area contributed by atoms with Gasteiger partial charge >= 0.3 is 12.1 Å². The van der Waals surface area contributed by atoms with Crippen molar-refractivity contribution in [3.8, 4) is 0 Å². The molecule has 1 rings (SSSR count). The van der Waals surface area contributed by atoms with Gasteiger partial charge in [-0.2, -0.15) is 13.2 Å².